The van der Waals surface area contributed by atoms with Gasteiger partial charge in [0.1, 0.15) is 12.4 Å². The Morgan fingerprint density at radius 1 is 1.47 bits per heavy atom. The lowest BCUT2D eigenvalue weighted by Gasteiger charge is -2.24. The number of para-hydroxylation sites is 1. The van der Waals surface area contributed by atoms with Crippen LogP contribution < -0.4 is 10.1 Å². The Bertz CT molecular complexity index is 392. The molecule has 1 aromatic rings. The summed E-state index contributed by atoms with van der Waals surface area (Å²) in [5.41, 5.74) is 1.08. The van der Waals surface area contributed by atoms with Crippen molar-refractivity contribution in [3.63, 3.8) is 0 Å². The lowest BCUT2D eigenvalue weighted by molar-refractivity contribution is -0.126. The zero-order valence-electron chi connectivity index (χ0n) is 9.69. The highest BCUT2D eigenvalue weighted by molar-refractivity contribution is 5.79. The first kappa shape index (κ1) is 11.9. The molecule has 1 heterocycles. The summed E-state index contributed by atoms with van der Waals surface area (Å²) < 4.78 is 5.55. The van der Waals surface area contributed by atoms with Crippen molar-refractivity contribution in [3.8, 4) is 5.75 Å². The van der Waals surface area contributed by atoms with Crippen LogP contribution in [0.2, 0.25) is 0 Å². The molecule has 0 aliphatic carbocycles. The quantitative estimate of drug-likeness (QED) is 0.757. The van der Waals surface area contributed by atoms with Gasteiger partial charge in [0.25, 0.3) is 0 Å². The van der Waals surface area contributed by atoms with E-state index in [-0.39, 0.29) is 18.4 Å². The Labute approximate surface area is 101 Å². The van der Waals surface area contributed by atoms with E-state index in [1.54, 1.807) is 0 Å². The highest BCUT2D eigenvalue weighted by atomic mass is 16.5. The maximum absolute atomic E-state index is 11.8. The topological polar surface area (TPSA) is 58.6 Å². The molecule has 2 N–H and O–H groups in total. The van der Waals surface area contributed by atoms with E-state index in [1.807, 2.05) is 24.3 Å². The lowest BCUT2D eigenvalue weighted by Crippen LogP contribution is -2.37. The number of hydrogen-bond donors (Lipinski definition) is 2. The molecule has 17 heavy (non-hydrogen) atoms. The molecule has 1 atom stereocenters. The zero-order chi connectivity index (χ0) is 12.1. The number of carbonyl (C=O) groups is 1. The third-order valence-electron chi connectivity index (χ3n) is 2.88. The monoisotopic (exact) mass is 235 g/mol. The van der Waals surface area contributed by atoms with Gasteiger partial charge in [0, 0.05) is 13.2 Å². The average molecular weight is 235 g/mol. The van der Waals surface area contributed by atoms with Crippen LogP contribution in [-0.4, -0.2) is 30.8 Å². The lowest BCUT2D eigenvalue weighted by atomic mass is 9.96. The van der Waals surface area contributed by atoms with Gasteiger partial charge < -0.3 is 15.2 Å². The maximum atomic E-state index is 11.8. The summed E-state index contributed by atoms with van der Waals surface area (Å²) >= 11 is 0. The molecule has 4 nitrogen and oxygen atoms in total. The summed E-state index contributed by atoms with van der Waals surface area (Å²) in [7, 11) is 0. The van der Waals surface area contributed by atoms with Gasteiger partial charge in [-0.15, -0.1) is 0 Å². The standard InChI is InChI=1S/C13H17NO3/c15-7-3-6-14-13(16)11-8-10-4-1-2-5-12(10)17-9-11/h1-2,4-5,11,15H,3,6-9H2,(H,14,16). The predicted octanol–water partition coefficient (Wildman–Crippen LogP) is 0.736. The largest absolute Gasteiger partial charge is 0.492 e. The molecule has 1 unspecified atom stereocenters. The van der Waals surface area contributed by atoms with Gasteiger partial charge in [0.15, 0.2) is 0 Å². The number of fused-ring (bicyclic) bond motifs is 1. The maximum Gasteiger partial charge on any atom is 0.226 e. The molecule has 1 aromatic carbocycles. The predicted molar refractivity (Wildman–Crippen MR) is 63.8 cm³/mol. The average Bonchev–Trinajstić information content (AvgIpc) is 2.38. The van der Waals surface area contributed by atoms with Crippen LogP contribution in [0.15, 0.2) is 24.3 Å². The highest BCUT2D eigenvalue weighted by Gasteiger charge is 2.25. The minimum absolute atomic E-state index is 0.00736. The summed E-state index contributed by atoms with van der Waals surface area (Å²) in [5.74, 6) is 0.767. The van der Waals surface area contributed by atoms with Crippen LogP contribution in [0.1, 0.15) is 12.0 Å². The Morgan fingerprint density at radius 2 is 2.29 bits per heavy atom. The fourth-order valence-corrected chi connectivity index (χ4v) is 1.93. The molecule has 1 aliphatic rings. The van der Waals surface area contributed by atoms with Crippen LogP contribution in [0.3, 0.4) is 0 Å². The molecule has 2 rings (SSSR count). The second-order valence-electron chi connectivity index (χ2n) is 4.19. The molecule has 92 valence electrons. The number of aliphatic hydroxyl groups is 1. The van der Waals surface area contributed by atoms with E-state index in [9.17, 15) is 4.79 Å². The zero-order valence-corrected chi connectivity index (χ0v) is 9.69. The SMILES string of the molecule is O=C(NCCCO)C1COc2ccccc2C1. The number of rotatable bonds is 4. The van der Waals surface area contributed by atoms with E-state index < -0.39 is 0 Å². The van der Waals surface area contributed by atoms with Gasteiger partial charge in [-0.25, -0.2) is 0 Å². The molecule has 1 amide bonds. The Hall–Kier alpha value is -1.55. The molecule has 0 bridgehead atoms. The van der Waals surface area contributed by atoms with Gasteiger partial charge in [-0.2, -0.15) is 0 Å². The Kier molecular flexibility index (Phi) is 3.98. The third-order valence-corrected chi connectivity index (χ3v) is 2.88. The van der Waals surface area contributed by atoms with Crippen molar-refractivity contribution in [2.75, 3.05) is 19.8 Å². The number of amides is 1. The molecule has 0 fully saturated rings. The molecule has 0 saturated heterocycles. The molecule has 4 heteroatoms. The van der Waals surface area contributed by atoms with E-state index in [4.69, 9.17) is 9.84 Å². The number of benzene rings is 1. The first-order valence-electron chi connectivity index (χ1n) is 5.90. The van der Waals surface area contributed by atoms with Crippen LogP contribution in [0, 0.1) is 5.92 Å². The van der Waals surface area contributed by atoms with Crippen molar-refractivity contribution in [1.82, 2.24) is 5.32 Å². The number of nitrogens with one attached hydrogen (secondary N) is 1. The first-order valence-corrected chi connectivity index (χ1v) is 5.90. The summed E-state index contributed by atoms with van der Waals surface area (Å²) in [6, 6.07) is 7.80. The number of carbonyl (C=O) groups excluding carboxylic acids is 1. The second-order valence-corrected chi connectivity index (χ2v) is 4.19. The number of aliphatic hydroxyl groups excluding tert-OH is 1. The van der Waals surface area contributed by atoms with Gasteiger partial charge >= 0.3 is 0 Å². The Morgan fingerprint density at radius 3 is 3.12 bits per heavy atom. The normalized spacial score (nSPS) is 18.1. The molecule has 0 aromatic heterocycles. The van der Waals surface area contributed by atoms with Crippen molar-refractivity contribution >= 4 is 5.91 Å². The van der Waals surface area contributed by atoms with E-state index >= 15 is 0 Å². The van der Waals surface area contributed by atoms with Crippen molar-refractivity contribution in [2.45, 2.75) is 12.8 Å². The fourth-order valence-electron chi connectivity index (χ4n) is 1.93. The van der Waals surface area contributed by atoms with Crippen LogP contribution in [0.4, 0.5) is 0 Å². The van der Waals surface area contributed by atoms with Crippen LogP contribution in [-0.2, 0) is 11.2 Å². The molecular weight excluding hydrogens is 218 g/mol. The van der Waals surface area contributed by atoms with Gasteiger partial charge in [-0.3, -0.25) is 4.79 Å². The molecular formula is C13H17NO3. The second kappa shape index (κ2) is 5.68. The first-order chi connectivity index (χ1) is 8.31. The molecule has 0 radical (unpaired) electrons. The third kappa shape index (κ3) is 2.97. The fraction of sp³-hybridized carbons (Fsp3) is 0.462. The molecule has 1 aliphatic heterocycles. The summed E-state index contributed by atoms with van der Waals surface area (Å²) in [5, 5.41) is 11.4. The Balaban J connectivity index is 1.91. The van der Waals surface area contributed by atoms with E-state index in [0.29, 0.717) is 19.6 Å². The molecule has 0 saturated carbocycles. The smallest absolute Gasteiger partial charge is 0.226 e. The molecule has 0 spiro atoms. The summed E-state index contributed by atoms with van der Waals surface area (Å²) in [4.78, 5) is 11.8. The van der Waals surface area contributed by atoms with Crippen LogP contribution in [0.5, 0.6) is 5.75 Å². The van der Waals surface area contributed by atoms with E-state index in [2.05, 4.69) is 5.32 Å². The van der Waals surface area contributed by atoms with Crippen molar-refractivity contribution in [2.24, 2.45) is 5.92 Å². The van der Waals surface area contributed by atoms with Gasteiger partial charge in [0.05, 0.1) is 5.92 Å². The van der Waals surface area contributed by atoms with Gasteiger partial charge in [-0.05, 0) is 24.5 Å². The highest BCUT2D eigenvalue weighted by Crippen LogP contribution is 2.26. The minimum Gasteiger partial charge on any atom is -0.492 e. The van der Waals surface area contributed by atoms with E-state index in [0.717, 1.165) is 17.7 Å². The van der Waals surface area contributed by atoms with Crippen molar-refractivity contribution < 1.29 is 14.6 Å². The van der Waals surface area contributed by atoms with Gasteiger partial charge in [-0.1, -0.05) is 18.2 Å². The van der Waals surface area contributed by atoms with E-state index in [1.165, 1.54) is 0 Å². The van der Waals surface area contributed by atoms with Gasteiger partial charge in [0.2, 0.25) is 5.91 Å². The van der Waals surface area contributed by atoms with Crippen molar-refractivity contribution in [3.05, 3.63) is 29.8 Å². The summed E-state index contributed by atoms with van der Waals surface area (Å²) in [6.45, 7) is 1.06. The number of ether oxygens (including phenoxy) is 1. The van der Waals surface area contributed by atoms with Crippen molar-refractivity contribution in [1.29, 1.82) is 0 Å². The number of hydrogen-bond acceptors (Lipinski definition) is 3. The van der Waals surface area contributed by atoms with Crippen LogP contribution >= 0.6 is 0 Å². The van der Waals surface area contributed by atoms with Crippen LogP contribution in [0.25, 0.3) is 0 Å². The summed E-state index contributed by atoms with van der Waals surface area (Å²) in [6.07, 6.45) is 1.32. The minimum atomic E-state index is -0.122.